The monoisotopic (exact) mass is 266 g/mol. The van der Waals surface area contributed by atoms with Crippen LogP contribution in [-0.4, -0.2) is 38.9 Å². The molecule has 19 heavy (non-hydrogen) atoms. The minimum Gasteiger partial charge on any atom is -0.388 e. The molecule has 4 N–H and O–H groups in total. The summed E-state index contributed by atoms with van der Waals surface area (Å²) in [6.07, 6.45) is 1.16. The van der Waals surface area contributed by atoms with E-state index < -0.39 is 23.6 Å². The number of nitrogens with two attached hydrogens (primary N) is 1. The Bertz CT molecular complexity index is 573. The molecule has 3 heterocycles. The number of nitrogens with one attached hydrogen (secondary N) is 1. The Morgan fingerprint density at radius 2 is 2.47 bits per heavy atom. The molecule has 7 nitrogen and oxygen atoms in total. The minimum absolute atomic E-state index is 0.225. The number of aryl methyl sites for hydroxylation is 1. The zero-order chi connectivity index (χ0) is 13.8. The summed E-state index contributed by atoms with van der Waals surface area (Å²) in [5.41, 5.74) is 5.26. The van der Waals surface area contributed by atoms with Gasteiger partial charge in [0.25, 0.3) is 0 Å². The van der Waals surface area contributed by atoms with Crippen LogP contribution in [-0.2, 0) is 4.74 Å². The van der Waals surface area contributed by atoms with Gasteiger partial charge in [-0.2, -0.15) is 4.98 Å². The third-order valence-corrected chi connectivity index (χ3v) is 4.23. The molecule has 2 fully saturated rings. The summed E-state index contributed by atoms with van der Waals surface area (Å²) < 4.78 is 7.35. The van der Waals surface area contributed by atoms with Crippen LogP contribution in [0.1, 0.15) is 25.1 Å². The first-order chi connectivity index (χ1) is 8.98. The largest absolute Gasteiger partial charge is 0.388 e. The van der Waals surface area contributed by atoms with Gasteiger partial charge in [-0.25, -0.2) is 4.79 Å². The van der Waals surface area contributed by atoms with E-state index in [0.717, 1.165) is 0 Å². The number of hydrogen-bond acceptors (Lipinski definition) is 6. The fraction of sp³-hybridized carbons (Fsp3) is 0.667. The van der Waals surface area contributed by atoms with Gasteiger partial charge in [0.15, 0.2) is 6.23 Å². The number of rotatable bonds is 2. The third kappa shape index (κ3) is 1.62. The van der Waals surface area contributed by atoms with Gasteiger partial charge in [-0.3, -0.25) is 4.57 Å². The lowest BCUT2D eigenvalue weighted by Gasteiger charge is -2.31. The molecule has 0 amide bonds. The Morgan fingerprint density at radius 1 is 1.74 bits per heavy atom. The van der Waals surface area contributed by atoms with Gasteiger partial charge in [0.05, 0.1) is 6.04 Å². The predicted molar refractivity (Wildman–Crippen MR) is 68.6 cm³/mol. The maximum atomic E-state index is 11.9. The molecule has 0 saturated carbocycles. The molecule has 7 heteroatoms. The summed E-state index contributed by atoms with van der Waals surface area (Å²) >= 11 is 0. The van der Waals surface area contributed by atoms with Crippen LogP contribution in [0.25, 0.3) is 0 Å². The van der Waals surface area contributed by atoms with Crippen molar-refractivity contribution < 1.29 is 9.84 Å². The number of aromatic nitrogens is 2. The van der Waals surface area contributed by atoms with Gasteiger partial charge in [-0.15, -0.1) is 0 Å². The van der Waals surface area contributed by atoms with E-state index in [1.165, 1.54) is 4.57 Å². The van der Waals surface area contributed by atoms with Gasteiger partial charge in [0, 0.05) is 18.3 Å². The number of nitrogens with zero attached hydrogens (tertiary/aromatic N) is 2. The Labute approximate surface area is 110 Å². The molecule has 2 saturated heterocycles. The summed E-state index contributed by atoms with van der Waals surface area (Å²) in [6.45, 7) is 4.35. The molecule has 1 aromatic heterocycles. The molecule has 0 radical (unpaired) electrons. The highest BCUT2D eigenvalue weighted by Gasteiger charge is 2.59. The second-order valence-corrected chi connectivity index (χ2v) is 5.28. The first kappa shape index (κ1) is 12.6. The molecule has 4 atom stereocenters. The van der Waals surface area contributed by atoms with Crippen molar-refractivity contribution in [2.75, 3.05) is 12.3 Å². The first-order valence-electron chi connectivity index (χ1n) is 6.43. The second-order valence-electron chi connectivity index (χ2n) is 5.28. The van der Waals surface area contributed by atoms with Crippen LogP contribution in [0.3, 0.4) is 0 Å². The average molecular weight is 266 g/mol. The minimum atomic E-state index is -0.618. The van der Waals surface area contributed by atoms with E-state index in [-0.39, 0.29) is 11.9 Å². The highest BCUT2D eigenvalue weighted by molar-refractivity contribution is 5.35. The number of aliphatic hydroxyl groups excluding tert-OH is 1. The van der Waals surface area contributed by atoms with Gasteiger partial charge < -0.3 is 20.9 Å². The average Bonchev–Trinajstić information content (AvgIpc) is 2.85. The zero-order valence-corrected chi connectivity index (χ0v) is 11.0. The zero-order valence-electron chi connectivity index (χ0n) is 11.0. The molecule has 3 rings (SSSR count). The van der Waals surface area contributed by atoms with Gasteiger partial charge >= 0.3 is 5.69 Å². The van der Waals surface area contributed by atoms with Crippen molar-refractivity contribution in [1.82, 2.24) is 14.9 Å². The summed E-state index contributed by atoms with van der Waals surface area (Å²) in [6, 6.07) is -0.289. The van der Waals surface area contributed by atoms with E-state index in [9.17, 15) is 9.90 Å². The maximum absolute atomic E-state index is 11.9. The molecule has 2 aliphatic heterocycles. The summed E-state index contributed by atoms with van der Waals surface area (Å²) in [5, 5.41) is 13.5. The van der Waals surface area contributed by atoms with Crippen LogP contribution in [0.4, 0.5) is 5.82 Å². The fourth-order valence-corrected chi connectivity index (χ4v) is 2.92. The first-order valence-corrected chi connectivity index (χ1v) is 6.43. The highest BCUT2D eigenvalue weighted by Crippen LogP contribution is 2.42. The summed E-state index contributed by atoms with van der Waals surface area (Å²) in [5.74, 6) is 0.225. The molecule has 1 aromatic rings. The van der Waals surface area contributed by atoms with E-state index in [1.54, 1.807) is 13.1 Å². The number of ether oxygens (including phenoxy) is 1. The van der Waals surface area contributed by atoms with Crippen LogP contribution in [0, 0.1) is 6.92 Å². The van der Waals surface area contributed by atoms with Crippen LogP contribution < -0.4 is 16.7 Å². The van der Waals surface area contributed by atoms with Crippen LogP contribution >= 0.6 is 0 Å². The van der Waals surface area contributed by atoms with E-state index in [1.807, 2.05) is 6.92 Å². The van der Waals surface area contributed by atoms with Crippen LogP contribution in [0.2, 0.25) is 0 Å². The SMILES string of the molecule is CC[C@@]12CN[C@@H]([C@H](n3cc(C)c(N)nc3=O)O1)[C@@H]2O. The molecule has 0 aliphatic carbocycles. The van der Waals surface area contributed by atoms with E-state index in [2.05, 4.69) is 10.3 Å². The van der Waals surface area contributed by atoms with Crippen molar-refractivity contribution in [2.45, 2.75) is 44.2 Å². The van der Waals surface area contributed by atoms with E-state index in [0.29, 0.717) is 18.5 Å². The number of nitrogen functional groups attached to an aromatic ring is 1. The lowest BCUT2D eigenvalue weighted by molar-refractivity contribution is -0.112. The predicted octanol–water partition coefficient (Wildman–Crippen LogP) is -0.856. The van der Waals surface area contributed by atoms with E-state index >= 15 is 0 Å². The highest BCUT2D eigenvalue weighted by atomic mass is 16.6. The van der Waals surface area contributed by atoms with Gasteiger partial charge in [-0.1, -0.05) is 6.92 Å². The van der Waals surface area contributed by atoms with Crippen LogP contribution in [0.15, 0.2) is 11.0 Å². The van der Waals surface area contributed by atoms with Gasteiger partial charge in [-0.05, 0) is 13.3 Å². The smallest absolute Gasteiger partial charge is 0.351 e. The normalized spacial score (nSPS) is 36.9. The quantitative estimate of drug-likeness (QED) is 0.644. The van der Waals surface area contributed by atoms with Crippen molar-refractivity contribution in [1.29, 1.82) is 0 Å². The molecule has 0 spiro atoms. The van der Waals surface area contributed by atoms with E-state index in [4.69, 9.17) is 10.5 Å². The second kappa shape index (κ2) is 4.03. The molecule has 0 aromatic carbocycles. The number of aliphatic hydroxyl groups is 1. The third-order valence-electron chi connectivity index (χ3n) is 4.23. The van der Waals surface area contributed by atoms with Gasteiger partial charge in [0.1, 0.15) is 17.5 Å². The van der Waals surface area contributed by atoms with Gasteiger partial charge in [0.2, 0.25) is 0 Å². The topological polar surface area (TPSA) is 102 Å². The number of hydrogen-bond donors (Lipinski definition) is 3. The number of fused-ring (bicyclic) bond motifs is 2. The molecule has 2 bridgehead atoms. The van der Waals surface area contributed by atoms with Crippen molar-refractivity contribution in [3.8, 4) is 0 Å². The maximum Gasteiger partial charge on any atom is 0.351 e. The number of anilines is 1. The Balaban J connectivity index is 2.02. The summed E-state index contributed by atoms with van der Waals surface area (Å²) in [4.78, 5) is 15.7. The van der Waals surface area contributed by atoms with Crippen molar-refractivity contribution in [2.24, 2.45) is 0 Å². The van der Waals surface area contributed by atoms with Crippen molar-refractivity contribution in [3.63, 3.8) is 0 Å². The molecule has 104 valence electrons. The Kier molecular flexibility index (Phi) is 2.67. The lowest BCUT2D eigenvalue weighted by Crippen LogP contribution is -2.45. The lowest BCUT2D eigenvalue weighted by atomic mass is 9.96. The standard InChI is InChI=1S/C12H18N4O3/c1-3-12-5-14-7(8(12)17)10(19-12)16-4-6(2)9(13)15-11(16)18/h4,7-8,10,14,17H,3,5H2,1-2H3,(H2,13,15,18)/t7-,8+,10-,12+/m1/s1. The van der Waals surface area contributed by atoms with Crippen LogP contribution in [0.5, 0.6) is 0 Å². The molecular weight excluding hydrogens is 248 g/mol. The Morgan fingerprint density at radius 3 is 3.11 bits per heavy atom. The molecule has 2 aliphatic rings. The Hall–Kier alpha value is -1.44. The summed E-state index contributed by atoms with van der Waals surface area (Å²) in [7, 11) is 0. The van der Waals surface area contributed by atoms with Crippen molar-refractivity contribution >= 4 is 5.82 Å². The number of morpholine rings is 1. The fourth-order valence-electron chi connectivity index (χ4n) is 2.92. The van der Waals surface area contributed by atoms with Crippen molar-refractivity contribution in [3.05, 3.63) is 22.2 Å². The molecular formula is C12H18N4O3. The molecule has 0 unspecified atom stereocenters.